The van der Waals surface area contributed by atoms with Gasteiger partial charge in [0.25, 0.3) is 0 Å². The first-order valence-electron chi connectivity index (χ1n) is 7.29. The molecular weight excluding hydrogens is 345 g/mol. The second kappa shape index (κ2) is 7.67. The van der Waals surface area contributed by atoms with Gasteiger partial charge in [-0.15, -0.1) is 11.3 Å². The molecule has 0 unspecified atom stereocenters. The van der Waals surface area contributed by atoms with Gasteiger partial charge in [0.1, 0.15) is 5.82 Å². The number of halogens is 1. The minimum absolute atomic E-state index is 0.0103. The third-order valence-corrected chi connectivity index (χ3v) is 3.94. The highest BCUT2D eigenvalue weighted by atomic mass is 32.1. The van der Waals surface area contributed by atoms with Gasteiger partial charge in [-0.1, -0.05) is 6.07 Å². The SMILES string of the molecule is Nc1nc(COC(=O)Cc2cccs2)nc(Nc2ccc(F)cc2)n1. The Morgan fingerprint density at radius 3 is 2.72 bits per heavy atom. The molecule has 0 amide bonds. The van der Waals surface area contributed by atoms with Crippen LogP contribution in [-0.4, -0.2) is 20.9 Å². The van der Waals surface area contributed by atoms with E-state index in [2.05, 4.69) is 20.3 Å². The van der Waals surface area contributed by atoms with Crippen LogP contribution in [0.2, 0.25) is 0 Å². The summed E-state index contributed by atoms with van der Waals surface area (Å²) < 4.78 is 18.1. The van der Waals surface area contributed by atoms with E-state index in [1.54, 1.807) is 0 Å². The van der Waals surface area contributed by atoms with Crippen molar-refractivity contribution in [3.05, 3.63) is 58.3 Å². The Morgan fingerprint density at radius 2 is 2.00 bits per heavy atom. The zero-order chi connectivity index (χ0) is 17.6. The maximum absolute atomic E-state index is 12.9. The fourth-order valence-corrected chi connectivity index (χ4v) is 2.66. The van der Waals surface area contributed by atoms with Gasteiger partial charge in [0.05, 0.1) is 6.42 Å². The molecule has 0 radical (unpaired) electrons. The van der Waals surface area contributed by atoms with E-state index in [-0.39, 0.29) is 42.5 Å². The second-order valence-corrected chi connectivity index (χ2v) is 6.01. The lowest BCUT2D eigenvalue weighted by Crippen LogP contribution is -2.12. The number of thiophene rings is 1. The second-order valence-electron chi connectivity index (χ2n) is 4.98. The topological polar surface area (TPSA) is 103 Å². The van der Waals surface area contributed by atoms with Crippen LogP contribution in [0.5, 0.6) is 0 Å². The fraction of sp³-hybridized carbons (Fsp3) is 0.125. The molecule has 0 spiro atoms. The van der Waals surface area contributed by atoms with Crippen LogP contribution in [0, 0.1) is 5.82 Å². The average molecular weight is 359 g/mol. The first-order valence-corrected chi connectivity index (χ1v) is 8.17. The van der Waals surface area contributed by atoms with Crippen molar-refractivity contribution in [3.8, 4) is 0 Å². The number of nitrogens with two attached hydrogens (primary N) is 1. The Hall–Kier alpha value is -3.07. The van der Waals surface area contributed by atoms with Crippen molar-refractivity contribution >= 4 is 34.9 Å². The first kappa shape index (κ1) is 16.8. The van der Waals surface area contributed by atoms with Crippen LogP contribution in [0.25, 0.3) is 0 Å². The molecule has 2 heterocycles. The van der Waals surface area contributed by atoms with Crippen molar-refractivity contribution in [1.82, 2.24) is 15.0 Å². The van der Waals surface area contributed by atoms with Gasteiger partial charge in [0.2, 0.25) is 11.9 Å². The van der Waals surface area contributed by atoms with Gasteiger partial charge in [0.15, 0.2) is 12.4 Å². The summed E-state index contributed by atoms with van der Waals surface area (Å²) in [4.78, 5) is 24.8. The summed E-state index contributed by atoms with van der Waals surface area (Å²) in [6.45, 7) is -0.116. The molecule has 7 nitrogen and oxygen atoms in total. The Morgan fingerprint density at radius 1 is 1.20 bits per heavy atom. The molecule has 3 aromatic rings. The number of nitrogen functional groups attached to an aromatic ring is 1. The molecule has 128 valence electrons. The summed E-state index contributed by atoms with van der Waals surface area (Å²) in [6, 6.07) is 9.41. The van der Waals surface area contributed by atoms with Crippen LogP contribution in [0.3, 0.4) is 0 Å². The van der Waals surface area contributed by atoms with E-state index in [0.717, 1.165) is 4.88 Å². The molecule has 3 rings (SSSR count). The minimum Gasteiger partial charge on any atom is -0.457 e. The number of nitrogens with one attached hydrogen (secondary N) is 1. The van der Waals surface area contributed by atoms with Crippen LogP contribution in [0.1, 0.15) is 10.7 Å². The number of hydrogen-bond donors (Lipinski definition) is 2. The highest BCUT2D eigenvalue weighted by Crippen LogP contribution is 2.15. The molecule has 3 N–H and O–H groups in total. The van der Waals surface area contributed by atoms with Crippen LogP contribution in [0.15, 0.2) is 41.8 Å². The van der Waals surface area contributed by atoms with Crippen molar-refractivity contribution in [2.75, 3.05) is 11.1 Å². The van der Waals surface area contributed by atoms with E-state index in [9.17, 15) is 9.18 Å². The van der Waals surface area contributed by atoms with Gasteiger partial charge in [0, 0.05) is 10.6 Å². The smallest absolute Gasteiger partial charge is 0.311 e. The van der Waals surface area contributed by atoms with Crippen molar-refractivity contribution in [2.45, 2.75) is 13.0 Å². The normalized spacial score (nSPS) is 10.4. The Balaban J connectivity index is 1.62. The number of rotatable bonds is 6. The molecule has 0 aliphatic heterocycles. The third-order valence-electron chi connectivity index (χ3n) is 3.06. The summed E-state index contributed by atoms with van der Waals surface area (Å²) in [5.41, 5.74) is 6.24. The van der Waals surface area contributed by atoms with E-state index < -0.39 is 0 Å². The predicted molar refractivity (Wildman–Crippen MR) is 91.7 cm³/mol. The van der Waals surface area contributed by atoms with Gasteiger partial charge >= 0.3 is 5.97 Å². The maximum atomic E-state index is 12.9. The molecule has 2 aromatic heterocycles. The van der Waals surface area contributed by atoms with Crippen LogP contribution >= 0.6 is 11.3 Å². The highest BCUT2D eigenvalue weighted by Gasteiger charge is 2.10. The molecular formula is C16H14FN5O2S. The first-order chi connectivity index (χ1) is 12.1. The number of hydrogen-bond acceptors (Lipinski definition) is 8. The number of esters is 1. The molecule has 0 bridgehead atoms. The van der Waals surface area contributed by atoms with Gasteiger partial charge in [-0.2, -0.15) is 15.0 Å². The molecule has 0 saturated carbocycles. The van der Waals surface area contributed by atoms with E-state index in [4.69, 9.17) is 10.5 Å². The van der Waals surface area contributed by atoms with Crippen LogP contribution in [0.4, 0.5) is 22.0 Å². The quantitative estimate of drug-likeness (QED) is 0.652. The standard InChI is InChI=1S/C16H14FN5O2S/c17-10-3-5-11(6-4-10)19-16-21-13(20-15(18)22-16)9-24-14(23)8-12-2-1-7-25-12/h1-7H,8-9H2,(H3,18,19,20,21,22). The van der Waals surface area contributed by atoms with Gasteiger partial charge < -0.3 is 15.8 Å². The van der Waals surface area contributed by atoms with Crippen molar-refractivity contribution in [3.63, 3.8) is 0 Å². The zero-order valence-electron chi connectivity index (χ0n) is 13.0. The van der Waals surface area contributed by atoms with Gasteiger partial charge in [-0.25, -0.2) is 4.39 Å². The van der Waals surface area contributed by atoms with Crippen molar-refractivity contribution in [2.24, 2.45) is 0 Å². The lowest BCUT2D eigenvalue weighted by atomic mass is 10.3. The maximum Gasteiger partial charge on any atom is 0.311 e. The number of benzene rings is 1. The molecule has 9 heteroatoms. The van der Waals surface area contributed by atoms with Crippen LogP contribution in [-0.2, 0) is 22.6 Å². The monoisotopic (exact) mass is 359 g/mol. The molecule has 0 atom stereocenters. The van der Waals surface area contributed by atoms with Crippen molar-refractivity contribution in [1.29, 1.82) is 0 Å². The van der Waals surface area contributed by atoms with Gasteiger partial charge in [-0.05, 0) is 35.7 Å². The van der Waals surface area contributed by atoms with E-state index >= 15 is 0 Å². The Kier molecular flexibility index (Phi) is 5.14. The lowest BCUT2D eigenvalue weighted by molar-refractivity contribution is -0.144. The average Bonchev–Trinajstić information content (AvgIpc) is 3.08. The molecule has 0 aliphatic carbocycles. The largest absolute Gasteiger partial charge is 0.457 e. The molecule has 0 fully saturated rings. The number of carbonyl (C=O) groups is 1. The lowest BCUT2D eigenvalue weighted by Gasteiger charge is -2.08. The molecule has 0 aliphatic rings. The summed E-state index contributed by atoms with van der Waals surface area (Å²) in [5, 5.41) is 4.78. The Bertz CT molecular complexity index is 855. The van der Waals surface area contributed by atoms with Gasteiger partial charge in [-0.3, -0.25) is 4.79 Å². The highest BCUT2D eigenvalue weighted by molar-refractivity contribution is 7.10. The number of anilines is 3. The molecule has 25 heavy (non-hydrogen) atoms. The minimum atomic E-state index is -0.380. The van der Waals surface area contributed by atoms with Crippen LogP contribution < -0.4 is 11.1 Å². The number of nitrogens with zero attached hydrogens (tertiary/aromatic N) is 3. The number of aromatic nitrogens is 3. The third kappa shape index (κ3) is 4.95. The van der Waals surface area contributed by atoms with E-state index in [1.807, 2.05) is 17.5 Å². The predicted octanol–water partition coefficient (Wildman–Crippen LogP) is 2.68. The molecule has 1 aromatic carbocycles. The number of ether oxygens (including phenoxy) is 1. The summed E-state index contributed by atoms with van der Waals surface area (Å²) in [7, 11) is 0. The zero-order valence-corrected chi connectivity index (χ0v) is 13.8. The summed E-state index contributed by atoms with van der Waals surface area (Å²) >= 11 is 1.48. The van der Waals surface area contributed by atoms with Crippen molar-refractivity contribution < 1.29 is 13.9 Å². The number of carbonyl (C=O) groups excluding carboxylic acids is 1. The van der Waals surface area contributed by atoms with E-state index in [1.165, 1.54) is 35.6 Å². The molecule has 0 saturated heterocycles. The van der Waals surface area contributed by atoms with E-state index in [0.29, 0.717) is 5.69 Å². The fourth-order valence-electron chi connectivity index (χ4n) is 1.97. The summed E-state index contributed by atoms with van der Waals surface area (Å²) in [5.74, 6) is -0.336. The Labute approximate surface area is 146 Å². The summed E-state index contributed by atoms with van der Waals surface area (Å²) in [6.07, 6.45) is 0.193.